The second kappa shape index (κ2) is 7.35. The molecule has 0 unspecified atom stereocenters. The summed E-state index contributed by atoms with van der Waals surface area (Å²) in [7, 11) is 3.25. The Hall–Kier alpha value is -2.57. The highest BCUT2D eigenvalue weighted by molar-refractivity contribution is 5.80. The van der Waals surface area contributed by atoms with Gasteiger partial charge in [-0.1, -0.05) is 48.5 Å². The number of ether oxygens (including phenoxy) is 2. The van der Waals surface area contributed by atoms with Crippen molar-refractivity contribution in [1.82, 2.24) is 20.2 Å². The fourth-order valence-electron chi connectivity index (χ4n) is 2.72. The summed E-state index contributed by atoms with van der Waals surface area (Å²) >= 11 is 0. The maximum Gasteiger partial charge on any atom is 0.205 e. The molecule has 26 heavy (non-hydrogen) atoms. The zero-order valence-electron chi connectivity index (χ0n) is 15.8. The van der Waals surface area contributed by atoms with Crippen LogP contribution in [0.25, 0.3) is 22.5 Å². The third kappa shape index (κ3) is 3.66. The standard InChI is InChI=1S/C20H24N4O2/c1-20(2,3)24-22-18(21-23-24)17-9-7-6-8-16(17)14-10-12-15(13-11-14)19(25-4)26-5/h6-13,19H,1-5H3. The van der Waals surface area contributed by atoms with Gasteiger partial charge in [-0.15, -0.1) is 10.2 Å². The van der Waals surface area contributed by atoms with Crippen molar-refractivity contribution in [3.05, 3.63) is 54.1 Å². The molecule has 0 saturated heterocycles. The molecule has 0 radical (unpaired) electrons. The summed E-state index contributed by atoms with van der Waals surface area (Å²) in [6.07, 6.45) is -0.368. The highest BCUT2D eigenvalue weighted by Gasteiger charge is 2.19. The molecule has 3 rings (SSSR count). The van der Waals surface area contributed by atoms with Gasteiger partial charge in [-0.3, -0.25) is 0 Å². The van der Waals surface area contributed by atoms with Gasteiger partial charge in [0, 0.05) is 25.3 Å². The van der Waals surface area contributed by atoms with Gasteiger partial charge in [0.2, 0.25) is 5.82 Å². The number of hydrogen-bond donors (Lipinski definition) is 0. The highest BCUT2D eigenvalue weighted by atomic mass is 16.7. The third-order valence-electron chi connectivity index (χ3n) is 4.10. The number of rotatable bonds is 5. The summed E-state index contributed by atoms with van der Waals surface area (Å²) in [5, 5.41) is 13.0. The van der Waals surface area contributed by atoms with E-state index >= 15 is 0 Å². The second-order valence-corrected chi connectivity index (χ2v) is 7.04. The normalized spacial score (nSPS) is 11.9. The van der Waals surface area contributed by atoms with Gasteiger partial charge in [0.1, 0.15) is 0 Å². The maximum atomic E-state index is 5.31. The number of tetrazole rings is 1. The molecule has 6 heteroatoms. The highest BCUT2D eigenvalue weighted by Crippen LogP contribution is 2.31. The van der Waals surface area contributed by atoms with E-state index in [1.54, 1.807) is 19.0 Å². The van der Waals surface area contributed by atoms with Crippen LogP contribution in [0, 0.1) is 0 Å². The summed E-state index contributed by atoms with van der Waals surface area (Å²) in [6, 6.07) is 16.2. The molecule has 0 aliphatic rings. The largest absolute Gasteiger partial charge is 0.352 e. The van der Waals surface area contributed by atoms with E-state index in [1.165, 1.54) is 0 Å². The number of aromatic nitrogens is 4. The molecule has 2 aromatic carbocycles. The minimum absolute atomic E-state index is 0.211. The van der Waals surface area contributed by atoms with Crippen LogP contribution in [-0.4, -0.2) is 34.4 Å². The topological polar surface area (TPSA) is 62.1 Å². The quantitative estimate of drug-likeness (QED) is 0.648. The Balaban J connectivity index is 1.99. The Kier molecular flexibility index (Phi) is 5.15. The summed E-state index contributed by atoms with van der Waals surface area (Å²) in [6.45, 7) is 6.14. The lowest BCUT2D eigenvalue weighted by molar-refractivity contribution is -0.106. The van der Waals surface area contributed by atoms with E-state index in [9.17, 15) is 0 Å². The van der Waals surface area contributed by atoms with Gasteiger partial charge in [0.15, 0.2) is 6.29 Å². The first-order valence-electron chi connectivity index (χ1n) is 8.50. The van der Waals surface area contributed by atoms with Crippen molar-refractivity contribution in [3.63, 3.8) is 0 Å². The van der Waals surface area contributed by atoms with Crippen molar-refractivity contribution in [3.8, 4) is 22.5 Å². The van der Waals surface area contributed by atoms with E-state index in [2.05, 4.69) is 21.5 Å². The smallest absolute Gasteiger partial charge is 0.205 e. The molecule has 1 heterocycles. The van der Waals surface area contributed by atoms with E-state index in [-0.39, 0.29) is 11.8 Å². The van der Waals surface area contributed by atoms with Gasteiger partial charge in [-0.25, -0.2) is 0 Å². The molecule has 0 atom stereocenters. The summed E-state index contributed by atoms with van der Waals surface area (Å²) in [4.78, 5) is 1.64. The first kappa shape index (κ1) is 18.2. The van der Waals surface area contributed by atoms with Crippen molar-refractivity contribution in [2.45, 2.75) is 32.6 Å². The van der Waals surface area contributed by atoms with E-state index < -0.39 is 0 Å². The van der Waals surface area contributed by atoms with Crippen LogP contribution in [0.1, 0.15) is 32.6 Å². The molecule has 0 amide bonds. The molecule has 0 fully saturated rings. The Bertz CT molecular complexity index is 862. The number of benzene rings is 2. The van der Waals surface area contributed by atoms with Crippen LogP contribution in [-0.2, 0) is 15.0 Å². The molecule has 0 bridgehead atoms. The molecule has 0 N–H and O–H groups in total. The first-order chi connectivity index (χ1) is 12.4. The Morgan fingerprint density at radius 1 is 0.885 bits per heavy atom. The number of methoxy groups -OCH3 is 2. The van der Waals surface area contributed by atoms with Crippen LogP contribution in [0.5, 0.6) is 0 Å². The second-order valence-electron chi connectivity index (χ2n) is 7.04. The SMILES string of the molecule is COC(OC)c1ccc(-c2ccccc2-c2nnn(C(C)(C)C)n2)cc1. The lowest BCUT2D eigenvalue weighted by atomic mass is 9.98. The number of nitrogens with zero attached hydrogens (tertiary/aromatic N) is 4. The van der Waals surface area contributed by atoms with Gasteiger partial charge in [-0.05, 0) is 37.1 Å². The van der Waals surface area contributed by atoms with Crippen LogP contribution in [0.15, 0.2) is 48.5 Å². The van der Waals surface area contributed by atoms with Gasteiger partial charge >= 0.3 is 0 Å². The van der Waals surface area contributed by atoms with Crippen molar-refractivity contribution < 1.29 is 9.47 Å². The molecule has 0 saturated carbocycles. The van der Waals surface area contributed by atoms with Crippen molar-refractivity contribution in [2.24, 2.45) is 0 Å². The monoisotopic (exact) mass is 352 g/mol. The molecule has 136 valence electrons. The lowest BCUT2D eigenvalue weighted by Crippen LogP contribution is -2.24. The molecular formula is C20H24N4O2. The average Bonchev–Trinajstić information content (AvgIpc) is 3.14. The molecular weight excluding hydrogens is 328 g/mol. The fraction of sp³-hybridized carbons (Fsp3) is 0.350. The van der Waals surface area contributed by atoms with E-state index in [0.29, 0.717) is 5.82 Å². The summed E-state index contributed by atoms with van der Waals surface area (Å²) < 4.78 is 10.6. The van der Waals surface area contributed by atoms with Crippen LogP contribution < -0.4 is 0 Å². The van der Waals surface area contributed by atoms with Crippen LogP contribution in [0.4, 0.5) is 0 Å². The Labute approximate surface area is 153 Å². The number of hydrogen-bond acceptors (Lipinski definition) is 5. The van der Waals surface area contributed by atoms with Gasteiger partial charge in [0.05, 0.1) is 5.54 Å². The van der Waals surface area contributed by atoms with Gasteiger partial charge in [-0.2, -0.15) is 4.80 Å². The van der Waals surface area contributed by atoms with Crippen LogP contribution in [0.2, 0.25) is 0 Å². The minimum atomic E-state index is -0.368. The van der Waals surface area contributed by atoms with Crippen LogP contribution >= 0.6 is 0 Å². The summed E-state index contributed by atoms with van der Waals surface area (Å²) in [5.41, 5.74) is 3.83. The molecule has 6 nitrogen and oxygen atoms in total. The average molecular weight is 352 g/mol. The first-order valence-corrected chi connectivity index (χ1v) is 8.50. The molecule has 0 spiro atoms. The minimum Gasteiger partial charge on any atom is -0.352 e. The van der Waals surface area contributed by atoms with Gasteiger partial charge in [0.25, 0.3) is 0 Å². The van der Waals surface area contributed by atoms with Crippen molar-refractivity contribution in [2.75, 3.05) is 14.2 Å². The third-order valence-corrected chi connectivity index (χ3v) is 4.10. The lowest BCUT2D eigenvalue weighted by Gasteiger charge is -2.15. The van der Waals surface area contributed by atoms with E-state index in [1.807, 2.05) is 63.2 Å². The van der Waals surface area contributed by atoms with E-state index in [4.69, 9.17) is 9.47 Å². The fourth-order valence-corrected chi connectivity index (χ4v) is 2.72. The predicted octanol–water partition coefficient (Wildman–Crippen LogP) is 4.05. The van der Waals surface area contributed by atoms with Crippen molar-refractivity contribution in [1.29, 1.82) is 0 Å². The van der Waals surface area contributed by atoms with Gasteiger partial charge < -0.3 is 9.47 Å². The predicted molar refractivity (Wildman–Crippen MR) is 100 cm³/mol. The summed E-state index contributed by atoms with van der Waals surface area (Å²) in [5.74, 6) is 0.617. The Morgan fingerprint density at radius 3 is 2.04 bits per heavy atom. The van der Waals surface area contributed by atoms with Crippen LogP contribution in [0.3, 0.4) is 0 Å². The molecule has 3 aromatic rings. The molecule has 1 aromatic heterocycles. The molecule has 0 aliphatic heterocycles. The zero-order valence-corrected chi connectivity index (χ0v) is 15.8. The zero-order chi connectivity index (χ0) is 18.7. The molecule has 0 aliphatic carbocycles. The maximum absolute atomic E-state index is 5.31. The van der Waals surface area contributed by atoms with E-state index in [0.717, 1.165) is 22.3 Å². The Morgan fingerprint density at radius 2 is 1.50 bits per heavy atom. The van der Waals surface area contributed by atoms with Crippen molar-refractivity contribution >= 4 is 0 Å².